The SMILES string of the molecule is CCN(Cc1ccc(C#N)cc1F)C(=O)Nc1cnn(CCOC)c1. The van der Waals surface area contributed by atoms with Crippen LogP contribution < -0.4 is 5.32 Å². The predicted octanol–water partition coefficient (Wildman–Crippen LogP) is 2.59. The molecule has 0 spiro atoms. The lowest BCUT2D eigenvalue weighted by Crippen LogP contribution is -2.34. The van der Waals surface area contributed by atoms with E-state index in [9.17, 15) is 9.18 Å². The molecule has 0 fully saturated rings. The number of rotatable bonds is 7. The molecule has 132 valence electrons. The molecule has 25 heavy (non-hydrogen) atoms. The minimum absolute atomic E-state index is 0.109. The first kappa shape index (κ1) is 18.4. The Morgan fingerprint density at radius 3 is 2.96 bits per heavy atom. The van der Waals surface area contributed by atoms with Gasteiger partial charge in [-0.1, -0.05) is 6.07 Å². The van der Waals surface area contributed by atoms with Gasteiger partial charge in [-0.2, -0.15) is 10.4 Å². The number of methoxy groups -OCH3 is 1. The van der Waals surface area contributed by atoms with Crippen LogP contribution in [0.1, 0.15) is 18.1 Å². The van der Waals surface area contributed by atoms with Crippen molar-refractivity contribution in [2.75, 3.05) is 25.6 Å². The molecule has 1 aromatic heterocycles. The van der Waals surface area contributed by atoms with Gasteiger partial charge in [-0.25, -0.2) is 9.18 Å². The number of benzene rings is 1. The number of urea groups is 1. The van der Waals surface area contributed by atoms with Crippen molar-refractivity contribution < 1.29 is 13.9 Å². The first-order chi connectivity index (χ1) is 12.1. The van der Waals surface area contributed by atoms with Crippen molar-refractivity contribution in [1.29, 1.82) is 5.26 Å². The Hall–Kier alpha value is -2.92. The van der Waals surface area contributed by atoms with Crippen molar-refractivity contribution in [3.8, 4) is 6.07 Å². The van der Waals surface area contributed by atoms with Crippen LogP contribution in [0.15, 0.2) is 30.6 Å². The summed E-state index contributed by atoms with van der Waals surface area (Å²) in [6.45, 7) is 3.43. The first-order valence-corrected chi connectivity index (χ1v) is 7.83. The Labute approximate surface area is 145 Å². The number of hydrogen-bond donors (Lipinski definition) is 1. The molecule has 0 saturated heterocycles. The van der Waals surface area contributed by atoms with Crippen LogP contribution in [0, 0.1) is 17.1 Å². The fraction of sp³-hybridized carbons (Fsp3) is 0.353. The predicted molar refractivity (Wildman–Crippen MR) is 90.3 cm³/mol. The van der Waals surface area contributed by atoms with Crippen molar-refractivity contribution in [1.82, 2.24) is 14.7 Å². The standard InChI is InChI=1S/C17H20FN5O2/c1-3-22(11-14-5-4-13(9-19)8-16(14)18)17(24)21-15-10-20-23(12-15)6-7-25-2/h4-5,8,10,12H,3,6-7,11H2,1-2H3,(H,21,24). The zero-order valence-electron chi connectivity index (χ0n) is 14.2. The lowest BCUT2D eigenvalue weighted by molar-refractivity contribution is 0.183. The highest BCUT2D eigenvalue weighted by molar-refractivity contribution is 5.88. The number of nitriles is 1. The van der Waals surface area contributed by atoms with Crippen LogP contribution in [0.2, 0.25) is 0 Å². The largest absolute Gasteiger partial charge is 0.383 e. The van der Waals surface area contributed by atoms with E-state index in [4.69, 9.17) is 10.00 Å². The van der Waals surface area contributed by atoms with Crippen molar-refractivity contribution in [3.05, 3.63) is 47.5 Å². The minimum atomic E-state index is -0.502. The van der Waals surface area contributed by atoms with Gasteiger partial charge in [0.05, 0.1) is 43.2 Å². The topological polar surface area (TPSA) is 83.2 Å². The Morgan fingerprint density at radius 1 is 1.52 bits per heavy atom. The summed E-state index contributed by atoms with van der Waals surface area (Å²) in [6.07, 6.45) is 3.25. The van der Waals surface area contributed by atoms with E-state index in [2.05, 4.69) is 10.4 Å². The Morgan fingerprint density at radius 2 is 2.32 bits per heavy atom. The number of nitrogens with one attached hydrogen (secondary N) is 1. The van der Waals surface area contributed by atoms with Crippen LogP contribution in [-0.4, -0.2) is 41.0 Å². The van der Waals surface area contributed by atoms with Gasteiger partial charge < -0.3 is 15.0 Å². The average Bonchev–Trinajstić information content (AvgIpc) is 3.05. The monoisotopic (exact) mass is 345 g/mol. The molecule has 7 nitrogen and oxygen atoms in total. The highest BCUT2D eigenvalue weighted by Crippen LogP contribution is 2.14. The van der Waals surface area contributed by atoms with Gasteiger partial charge in [0.25, 0.3) is 0 Å². The third-order valence-electron chi connectivity index (χ3n) is 3.62. The Kier molecular flexibility index (Phi) is 6.48. The van der Waals surface area contributed by atoms with Crippen LogP contribution in [0.25, 0.3) is 0 Å². The fourth-order valence-corrected chi connectivity index (χ4v) is 2.22. The molecule has 2 amide bonds. The second-order valence-electron chi connectivity index (χ2n) is 5.35. The molecule has 0 saturated carbocycles. The molecule has 0 bridgehead atoms. The van der Waals surface area contributed by atoms with Crippen LogP contribution in [0.5, 0.6) is 0 Å². The third-order valence-corrected chi connectivity index (χ3v) is 3.62. The average molecular weight is 345 g/mol. The quantitative estimate of drug-likeness (QED) is 0.836. The number of aromatic nitrogens is 2. The van der Waals surface area contributed by atoms with Gasteiger partial charge in [0.1, 0.15) is 5.82 Å². The van der Waals surface area contributed by atoms with Gasteiger partial charge in [0.2, 0.25) is 0 Å². The number of hydrogen-bond acceptors (Lipinski definition) is 4. The zero-order chi connectivity index (χ0) is 18.2. The van der Waals surface area contributed by atoms with E-state index in [-0.39, 0.29) is 18.1 Å². The molecule has 0 aliphatic rings. The van der Waals surface area contributed by atoms with Crippen molar-refractivity contribution >= 4 is 11.7 Å². The number of carbonyl (C=O) groups is 1. The number of carbonyl (C=O) groups excluding carboxylic acids is 1. The minimum Gasteiger partial charge on any atom is -0.383 e. The number of ether oxygens (including phenoxy) is 1. The molecular weight excluding hydrogens is 325 g/mol. The van der Waals surface area contributed by atoms with Crippen LogP contribution in [-0.2, 0) is 17.8 Å². The summed E-state index contributed by atoms with van der Waals surface area (Å²) in [5.74, 6) is -0.502. The summed E-state index contributed by atoms with van der Waals surface area (Å²) in [5.41, 5.74) is 1.16. The highest BCUT2D eigenvalue weighted by atomic mass is 19.1. The lowest BCUT2D eigenvalue weighted by Gasteiger charge is -2.21. The second-order valence-corrected chi connectivity index (χ2v) is 5.35. The van der Waals surface area contributed by atoms with E-state index < -0.39 is 5.82 Å². The van der Waals surface area contributed by atoms with Gasteiger partial charge in [-0.15, -0.1) is 0 Å². The second kappa shape index (κ2) is 8.80. The van der Waals surface area contributed by atoms with Crippen molar-refractivity contribution in [3.63, 3.8) is 0 Å². The Balaban J connectivity index is 2.01. The molecule has 1 N–H and O–H groups in total. The lowest BCUT2D eigenvalue weighted by atomic mass is 10.1. The summed E-state index contributed by atoms with van der Waals surface area (Å²) in [7, 11) is 1.60. The van der Waals surface area contributed by atoms with Gasteiger partial charge in [-0.05, 0) is 19.1 Å². The maximum atomic E-state index is 14.0. The van der Waals surface area contributed by atoms with Crippen molar-refractivity contribution in [2.45, 2.75) is 20.0 Å². The molecule has 0 radical (unpaired) electrons. The molecule has 0 aliphatic heterocycles. The van der Waals surface area contributed by atoms with Crippen molar-refractivity contribution in [2.24, 2.45) is 0 Å². The van der Waals surface area contributed by atoms with Gasteiger partial charge in [-0.3, -0.25) is 4.68 Å². The van der Waals surface area contributed by atoms with Crippen LogP contribution in [0.4, 0.5) is 14.9 Å². The number of anilines is 1. The number of amides is 2. The summed E-state index contributed by atoms with van der Waals surface area (Å²) in [5, 5.41) is 15.6. The fourth-order valence-electron chi connectivity index (χ4n) is 2.22. The summed E-state index contributed by atoms with van der Waals surface area (Å²) in [4.78, 5) is 13.9. The highest BCUT2D eigenvalue weighted by Gasteiger charge is 2.15. The van der Waals surface area contributed by atoms with E-state index in [0.29, 0.717) is 30.9 Å². The third kappa shape index (κ3) is 5.02. The normalized spacial score (nSPS) is 10.3. The first-order valence-electron chi connectivity index (χ1n) is 7.83. The maximum absolute atomic E-state index is 14.0. The van der Waals surface area contributed by atoms with E-state index in [1.165, 1.54) is 23.1 Å². The molecule has 8 heteroatoms. The molecule has 0 atom stereocenters. The maximum Gasteiger partial charge on any atom is 0.322 e. The molecule has 1 heterocycles. The molecule has 2 rings (SSSR count). The van der Waals surface area contributed by atoms with Gasteiger partial charge in [0, 0.05) is 25.4 Å². The number of nitrogens with zero attached hydrogens (tertiary/aromatic N) is 4. The molecule has 0 unspecified atom stereocenters. The van der Waals surface area contributed by atoms with Gasteiger partial charge in [0.15, 0.2) is 0 Å². The molecular formula is C17H20FN5O2. The molecule has 0 aliphatic carbocycles. The number of halogens is 1. The summed E-state index contributed by atoms with van der Waals surface area (Å²) >= 11 is 0. The summed E-state index contributed by atoms with van der Waals surface area (Å²) < 4.78 is 20.6. The van der Waals surface area contributed by atoms with E-state index in [0.717, 1.165) is 0 Å². The molecule has 1 aromatic carbocycles. The van der Waals surface area contributed by atoms with E-state index >= 15 is 0 Å². The zero-order valence-corrected chi connectivity index (χ0v) is 14.2. The van der Waals surface area contributed by atoms with Gasteiger partial charge >= 0.3 is 6.03 Å². The van der Waals surface area contributed by atoms with Crippen LogP contribution in [0.3, 0.4) is 0 Å². The smallest absolute Gasteiger partial charge is 0.322 e. The molecule has 2 aromatic rings. The van der Waals surface area contributed by atoms with E-state index in [1.54, 1.807) is 24.2 Å². The Bertz CT molecular complexity index is 769. The van der Waals surface area contributed by atoms with Crippen LogP contribution >= 0.6 is 0 Å². The van der Waals surface area contributed by atoms with E-state index in [1.807, 2.05) is 13.0 Å². The summed E-state index contributed by atoms with van der Waals surface area (Å²) in [6, 6.07) is 5.75.